The van der Waals surface area contributed by atoms with Crippen molar-refractivity contribution in [3.8, 4) is 0 Å². The highest BCUT2D eigenvalue weighted by molar-refractivity contribution is 5.13. The van der Waals surface area contributed by atoms with E-state index in [0.717, 1.165) is 12.0 Å². The first-order chi connectivity index (χ1) is 9.59. The highest BCUT2D eigenvalue weighted by atomic mass is 16.8. The molecule has 3 rings (SSSR count). The van der Waals surface area contributed by atoms with Crippen molar-refractivity contribution in [2.75, 3.05) is 6.61 Å². The number of benzene rings is 1. The molecule has 2 aliphatic rings. The van der Waals surface area contributed by atoms with Gasteiger partial charge in [0.1, 0.15) is 6.10 Å². The first-order valence-corrected chi connectivity index (χ1v) is 7.21. The van der Waals surface area contributed by atoms with E-state index < -0.39 is 5.79 Å². The van der Waals surface area contributed by atoms with E-state index in [0.29, 0.717) is 6.61 Å². The zero-order valence-corrected chi connectivity index (χ0v) is 12.0. The standard InChI is InChI=1S/C16H22O4/c1-16(2)19-14-12(9-17)8-13(15(14)20-16)18-10-11-6-4-3-5-7-11/h3-7,12-15,17H,8-10H2,1-2H3/t12-,13-,14-,15+/m0/s1. The minimum absolute atomic E-state index is 0.0147. The number of rotatable bonds is 4. The molecule has 0 bridgehead atoms. The molecule has 1 N–H and O–H groups in total. The minimum Gasteiger partial charge on any atom is -0.396 e. The Balaban J connectivity index is 1.65. The Morgan fingerprint density at radius 2 is 1.90 bits per heavy atom. The van der Waals surface area contributed by atoms with Crippen LogP contribution in [0.5, 0.6) is 0 Å². The van der Waals surface area contributed by atoms with Gasteiger partial charge in [-0.1, -0.05) is 30.3 Å². The molecule has 20 heavy (non-hydrogen) atoms. The van der Waals surface area contributed by atoms with Crippen LogP contribution in [0.1, 0.15) is 25.8 Å². The van der Waals surface area contributed by atoms with Gasteiger partial charge >= 0.3 is 0 Å². The van der Waals surface area contributed by atoms with Gasteiger partial charge in [-0.2, -0.15) is 0 Å². The van der Waals surface area contributed by atoms with E-state index in [2.05, 4.69) is 0 Å². The number of fused-ring (bicyclic) bond motifs is 1. The molecule has 4 heteroatoms. The summed E-state index contributed by atoms with van der Waals surface area (Å²) in [6.07, 6.45) is 0.634. The SMILES string of the molecule is CC1(C)O[C@H]2[C@H](CO)C[C@H](OCc3ccccc3)[C@H]2O1. The van der Waals surface area contributed by atoms with Crippen molar-refractivity contribution in [2.45, 2.75) is 51.0 Å². The Morgan fingerprint density at radius 1 is 1.20 bits per heavy atom. The molecule has 0 unspecified atom stereocenters. The van der Waals surface area contributed by atoms with Crippen LogP contribution in [0.4, 0.5) is 0 Å². The normalized spacial score (nSPS) is 35.1. The quantitative estimate of drug-likeness (QED) is 0.916. The van der Waals surface area contributed by atoms with Crippen molar-refractivity contribution in [1.82, 2.24) is 0 Å². The second kappa shape index (κ2) is 5.45. The Bertz CT molecular complexity index is 445. The molecule has 1 saturated carbocycles. The summed E-state index contributed by atoms with van der Waals surface area (Å²) in [6.45, 7) is 4.50. The maximum absolute atomic E-state index is 9.50. The van der Waals surface area contributed by atoms with E-state index in [1.807, 2.05) is 44.2 Å². The van der Waals surface area contributed by atoms with Crippen LogP contribution >= 0.6 is 0 Å². The number of hydrogen-bond acceptors (Lipinski definition) is 4. The van der Waals surface area contributed by atoms with Crippen molar-refractivity contribution in [3.05, 3.63) is 35.9 Å². The smallest absolute Gasteiger partial charge is 0.163 e. The van der Waals surface area contributed by atoms with Crippen LogP contribution in [-0.4, -0.2) is 35.8 Å². The number of aliphatic hydroxyl groups excluding tert-OH is 1. The van der Waals surface area contributed by atoms with Gasteiger partial charge in [-0.25, -0.2) is 0 Å². The highest BCUT2D eigenvalue weighted by Crippen LogP contribution is 2.42. The molecule has 2 fully saturated rings. The Morgan fingerprint density at radius 3 is 2.60 bits per heavy atom. The van der Waals surface area contributed by atoms with Crippen LogP contribution in [0, 0.1) is 5.92 Å². The Kier molecular flexibility index (Phi) is 3.82. The molecule has 1 aliphatic heterocycles. The van der Waals surface area contributed by atoms with Gasteiger partial charge in [0.2, 0.25) is 0 Å². The molecule has 0 amide bonds. The summed E-state index contributed by atoms with van der Waals surface area (Å²) in [5, 5.41) is 9.50. The van der Waals surface area contributed by atoms with Crippen molar-refractivity contribution in [3.63, 3.8) is 0 Å². The van der Waals surface area contributed by atoms with Crippen LogP contribution < -0.4 is 0 Å². The minimum atomic E-state index is -0.586. The van der Waals surface area contributed by atoms with Crippen molar-refractivity contribution in [1.29, 1.82) is 0 Å². The molecule has 1 aromatic carbocycles. The van der Waals surface area contributed by atoms with Crippen LogP contribution in [0.15, 0.2) is 30.3 Å². The highest BCUT2D eigenvalue weighted by Gasteiger charge is 2.54. The zero-order valence-electron chi connectivity index (χ0n) is 12.0. The third kappa shape index (κ3) is 2.74. The second-order valence-corrected chi connectivity index (χ2v) is 6.08. The molecular formula is C16H22O4. The van der Waals surface area contributed by atoms with Gasteiger partial charge in [-0.15, -0.1) is 0 Å². The van der Waals surface area contributed by atoms with Gasteiger partial charge in [0.15, 0.2) is 5.79 Å². The van der Waals surface area contributed by atoms with E-state index in [1.54, 1.807) is 0 Å². The summed E-state index contributed by atoms with van der Waals surface area (Å²) >= 11 is 0. The molecule has 0 spiro atoms. The number of ether oxygens (including phenoxy) is 3. The van der Waals surface area contributed by atoms with Crippen molar-refractivity contribution in [2.24, 2.45) is 5.92 Å². The van der Waals surface area contributed by atoms with Gasteiger partial charge < -0.3 is 19.3 Å². The molecule has 1 aliphatic carbocycles. The van der Waals surface area contributed by atoms with Crippen molar-refractivity contribution >= 4 is 0 Å². The largest absolute Gasteiger partial charge is 0.396 e. The summed E-state index contributed by atoms with van der Waals surface area (Å²) in [7, 11) is 0. The van der Waals surface area contributed by atoms with Gasteiger partial charge in [0.25, 0.3) is 0 Å². The van der Waals surface area contributed by atoms with Gasteiger partial charge in [-0.05, 0) is 25.8 Å². The fraction of sp³-hybridized carbons (Fsp3) is 0.625. The van der Waals surface area contributed by atoms with Crippen LogP contribution in [-0.2, 0) is 20.8 Å². The molecule has 1 heterocycles. The number of aliphatic hydroxyl groups is 1. The lowest BCUT2D eigenvalue weighted by Gasteiger charge is -2.23. The molecular weight excluding hydrogens is 256 g/mol. The lowest BCUT2D eigenvalue weighted by atomic mass is 10.1. The van der Waals surface area contributed by atoms with E-state index in [-0.39, 0.29) is 30.8 Å². The lowest BCUT2D eigenvalue weighted by molar-refractivity contribution is -0.173. The summed E-state index contributed by atoms with van der Waals surface area (Å²) in [4.78, 5) is 0. The van der Waals surface area contributed by atoms with E-state index in [9.17, 15) is 5.11 Å². The van der Waals surface area contributed by atoms with E-state index in [4.69, 9.17) is 14.2 Å². The fourth-order valence-electron chi connectivity index (χ4n) is 3.15. The number of hydrogen-bond donors (Lipinski definition) is 1. The third-order valence-electron chi connectivity index (χ3n) is 4.07. The predicted molar refractivity (Wildman–Crippen MR) is 74.0 cm³/mol. The Labute approximate surface area is 119 Å². The van der Waals surface area contributed by atoms with Crippen LogP contribution in [0.2, 0.25) is 0 Å². The molecule has 1 saturated heterocycles. The monoisotopic (exact) mass is 278 g/mol. The first kappa shape index (κ1) is 14.0. The molecule has 4 nitrogen and oxygen atoms in total. The Hall–Kier alpha value is -0.940. The molecule has 110 valence electrons. The maximum atomic E-state index is 9.50. The maximum Gasteiger partial charge on any atom is 0.163 e. The molecule has 0 aromatic heterocycles. The van der Waals surface area contributed by atoms with Crippen LogP contribution in [0.25, 0.3) is 0 Å². The predicted octanol–water partition coefficient (Wildman–Crippen LogP) is 2.10. The average Bonchev–Trinajstić information content (AvgIpc) is 2.91. The first-order valence-electron chi connectivity index (χ1n) is 7.21. The van der Waals surface area contributed by atoms with Crippen LogP contribution in [0.3, 0.4) is 0 Å². The summed E-state index contributed by atoms with van der Waals surface area (Å²) in [5.41, 5.74) is 1.15. The second-order valence-electron chi connectivity index (χ2n) is 6.08. The summed E-state index contributed by atoms with van der Waals surface area (Å²) in [5.74, 6) is -0.486. The molecule has 0 radical (unpaired) electrons. The lowest BCUT2D eigenvalue weighted by Crippen LogP contribution is -2.30. The van der Waals surface area contributed by atoms with Gasteiger partial charge in [0, 0.05) is 12.5 Å². The molecule has 4 atom stereocenters. The van der Waals surface area contributed by atoms with Crippen molar-refractivity contribution < 1.29 is 19.3 Å². The summed E-state index contributed by atoms with van der Waals surface area (Å²) in [6, 6.07) is 10.1. The topological polar surface area (TPSA) is 47.9 Å². The van der Waals surface area contributed by atoms with Gasteiger partial charge in [-0.3, -0.25) is 0 Å². The fourth-order valence-corrected chi connectivity index (χ4v) is 3.15. The van der Waals surface area contributed by atoms with E-state index in [1.165, 1.54) is 0 Å². The van der Waals surface area contributed by atoms with E-state index >= 15 is 0 Å². The average molecular weight is 278 g/mol. The van der Waals surface area contributed by atoms with Gasteiger partial charge in [0.05, 0.1) is 18.8 Å². The molecule has 1 aromatic rings. The zero-order chi connectivity index (χ0) is 14.2. The summed E-state index contributed by atoms with van der Waals surface area (Å²) < 4.78 is 17.9. The third-order valence-corrected chi connectivity index (χ3v) is 4.07.